The van der Waals surface area contributed by atoms with Gasteiger partial charge in [0.25, 0.3) is 5.56 Å². The van der Waals surface area contributed by atoms with Crippen molar-refractivity contribution in [2.45, 2.75) is 18.3 Å². The summed E-state index contributed by atoms with van der Waals surface area (Å²) in [5.41, 5.74) is 3.32. The minimum Gasteiger partial charge on any atom is -0.497 e. The predicted molar refractivity (Wildman–Crippen MR) is 93.3 cm³/mol. The van der Waals surface area contributed by atoms with Gasteiger partial charge >= 0.3 is 0 Å². The fraction of sp³-hybridized carbons (Fsp3) is 0.211. The van der Waals surface area contributed by atoms with E-state index >= 15 is 0 Å². The summed E-state index contributed by atoms with van der Waals surface area (Å²) in [6.45, 7) is 0. The van der Waals surface area contributed by atoms with Crippen LogP contribution in [0, 0.1) is 0 Å². The van der Waals surface area contributed by atoms with Crippen molar-refractivity contribution in [2.24, 2.45) is 0 Å². The second-order valence-electron chi connectivity index (χ2n) is 6.39. The Morgan fingerprint density at radius 3 is 2.96 bits per heavy atom. The van der Waals surface area contributed by atoms with Gasteiger partial charge in [0.05, 0.1) is 12.8 Å². The van der Waals surface area contributed by atoms with Gasteiger partial charge in [-0.05, 0) is 30.5 Å². The summed E-state index contributed by atoms with van der Waals surface area (Å²) in [4.78, 5) is 21.8. The highest BCUT2D eigenvalue weighted by Gasteiger charge is 2.43. The molecule has 0 radical (unpaired) electrons. The molecule has 2 unspecified atom stereocenters. The summed E-state index contributed by atoms with van der Waals surface area (Å²) in [6, 6.07) is 9.38. The molecule has 1 saturated carbocycles. The molecule has 2 atom stereocenters. The summed E-state index contributed by atoms with van der Waals surface area (Å²) in [6.07, 6.45) is 8.39. The first-order valence-electron chi connectivity index (χ1n) is 8.23. The first-order chi connectivity index (χ1) is 12.2. The standard InChI is InChI=1S/C19H16N4O2/c1-25-12-5-7-22-11-16(21-18(22)8-12)14-9-13(14)15-10-20-17-4-2-3-6-23(17)19(15)24/h2-8,10-11,13-14H,9H2,1H3. The third kappa shape index (κ3) is 2.21. The van der Waals surface area contributed by atoms with Crippen LogP contribution in [0.3, 0.4) is 0 Å². The number of aromatic nitrogens is 4. The highest BCUT2D eigenvalue weighted by Crippen LogP contribution is 2.53. The third-order valence-corrected chi connectivity index (χ3v) is 4.90. The van der Waals surface area contributed by atoms with Crippen LogP contribution >= 0.6 is 0 Å². The van der Waals surface area contributed by atoms with Gasteiger partial charge < -0.3 is 9.14 Å². The van der Waals surface area contributed by atoms with Crippen LogP contribution in [0.2, 0.25) is 0 Å². The molecule has 1 aliphatic rings. The molecule has 5 rings (SSSR count). The van der Waals surface area contributed by atoms with Crippen molar-refractivity contribution in [3.8, 4) is 5.75 Å². The Kier molecular flexibility index (Phi) is 2.94. The third-order valence-electron chi connectivity index (χ3n) is 4.90. The number of rotatable bonds is 3. The number of pyridine rings is 2. The fourth-order valence-electron chi connectivity index (χ4n) is 3.45. The van der Waals surface area contributed by atoms with E-state index in [-0.39, 0.29) is 17.4 Å². The van der Waals surface area contributed by atoms with Crippen LogP contribution in [0.5, 0.6) is 5.75 Å². The van der Waals surface area contributed by atoms with E-state index in [0.717, 1.165) is 29.1 Å². The summed E-state index contributed by atoms with van der Waals surface area (Å²) < 4.78 is 8.84. The molecule has 25 heavy (non-hydrogen) atoms. The molecule has 0 N–H and O–H groups in total. The second kappa shape index (κ2) is 5.17. The maximum Gasteiger partial charge on any atom is 0.261 e. The van der Waals surface area contributed by atoms with Crippen molar-refractivity contribution in [1.82, 2.24) is 18.8 Å². The number of hydrogen-bond acceptors (Lipinski definition) is 4. The van der Waals surface area contributed by atoms with E-state index in [9.17, 15) is 4.79 Å². The molecule has 6 heteroatoms. The molecule has 1 fully saturated rings. The first kappa shape index (κ1) is 14.2. The molecule has 0 aliphatic heterocycles. The predicted octanol–water partition coefficient (Wildman–Crippen LogP) is 2.62. The highest BCUT2D eigenvalue weighted by atomic mass is 16.5. The SMILES string of the molecule is COc1ccn2cc(C3CC3c3cnc4ccccn4c3=O)nc2c1. The van der Waals surface area contributed by atoms with Crippen LogP contribution in [0.1, 0.15) is 29.5 Å². The number of fused-ring (bicyclic) bond motifs is 2. The zero-order valence-corrected chi connectivity index (χ0v) is 13.7. The number of nitrogens with zero attached hydrogens (tertiary/aromatic N) is 4. The Balaban J connectivity index is 1.51. The van der Waals surface area contributed by atoms with E-state index in [1.54, 1.807) is 23.9 Å². The number of ether oxygens (including phenoxy) is 1. The topological polar surface area (TPSA) is 60.9 Å². The minimum atomic E-state index is 0.0172. The molecule has 0 aromatic carbocycles. The smallest absolute Gasteiger partial charge is 0.261 e. The van der Waals surface area contributed by atoms with Gasteiger partial charge in [-0.15, -0.1) is 0 Å². The lowest BCUT2D eigenvalue weighted by molar-refractivity contribution is 0.414. The molecule has 124 valence electrons. The Morgan fingerprint density at radius 2 is 2.08 bits per heavy atom. The Morgan fingerprint density at radius 1 is 1.16 bits per heavy atom. The summed E-state index contributed by atoms with van der Waals surface area (Å²) in [7, 11) is 1.65. The largest absolute Gasteiger partial charge is 0.497 e. The molecule has 4 aromatic heterocycles. The molecule has 6 nitrogen and oxygen atoms in total. The van der Waals surface area contributed by atoms with Gasteiger partial charge in [-0.1, -0.05) is 6.07 Å². The second-order valence-corrected chi connectivity index (χ2v) is 6.39. The lowest BCUT2D eigenvalue weighted by atomic mass is 10.1. The van der Waals surface area contributed by atoms with Crippen molar-refractivity contribution in [2.75, 3.05) is 7.11 Å². The Bertz CT molecular complexity index is 1160. The van der Waals surface area contributed by atoms with E-state index < -0.39 is 0 Å². The van der Waals surface area contributed by atoms with Crippen LogP contribution in [0.4, 0.5) is 0 Å². The maximum absolute atomic E-state index is 12.7. The van der Waals surface area contributed by atoms with E-state index in [0.29, 0.717) is 5.65 Å². The average Bonchev–Trinajstić information content (AvgIpc) is 3.32. The van der Waals surface area contributed by atoms with Gasteiger partial charge in [-0.2, -0.15) is 0 Å². The Labute approximate surface area is 143 Å². The molecule has 0 bridgehead atoms. The van der Waals surface area contributed by atoms with Crippen LogP contribution in [0.15, 0.2) is 59.9 Å². The van der Waals surface area contributed by atoms with E-state index in [2.05, 4.69) is 4.98 Å². The zero-order valence-electron chi connectivity index (χ0n) is 13.7. The van der Waals surface area contributed by atoms with Gasteiger partial charge in [0.2, 0.25) is 0 Å². The molecule has 0 amide bonds. The first-order valence-corrected chi connectivity index (χ1v) is 8.23. The van der Waals surface area contributed by atoms with Crippen LogP contribution in [0.25, 0.3) is 11.3 Å². The summed E-state index contributed by atoms with van der Waals surface area (Å²) >= 11 is 0. The molecule has 0 saturated heterocycles. The van der Waals surface area contributed by atoms with Crippen LogP contribution < -0.4 is 10.3 Å². The normalized spacial score (nSPS) is 19.4. The van der Waals surface area contributed by atoms with Crippen molar-refractivity contribution in [3.63, 3.8) is 0 Å². The molecular formula is C19H16N4O2. The maximum atomic E-state index is 12.7. The molecule has 4 aromatic rings. The highest BCUT2D eigenvalue weighted by molar-refractivity contribution is 5.48. The van der Waals surface area contributed by atoms with Gasteiger partial charge in [0.1, 0.15) is 17.0 Å². The summed E-state index contributed by atoms with van der Waals surface area (Å²) in [5.74, 6) is 1.24. The van der Waals surface area contributed by atoms with Crippen molar-refractivity contribution in [3.05, 3.63) is 76.7 Å². The lowest BCUT2D eigenvalue weighted by Gasteiger charge is -2.02. The Hall–Kier alpha value is -3.15. The zero-order chi connectivity index (χ0) is 17.0. The van der Waals surface area contributed by atoms with Crippen molar-refractivity contribution in [1.29, 1.82) is 0 Å². The number of hydrogen-bond donors (Lipinski definition) is 0. The number of methoxy groups -OCH3 is 1. The monoisotopic (exact) mass is 332 g/mol. The van der Waals surface area contributed by atoms with E-state index in [1.807, 2.05) is 47.1 Å². The average molecular weight is 332 g/mol. The van der Waals surface area contributed by atoms with Crippen LogP contribution in [-0.2, 0) is 0 Å². The van der Waals surface area contributed by atoms with Gasteiger partial charge in [0, 0.05) is 42.3 Å². The molecule has 0 spiro atoms. The van der Waals surface area contributed by atoms with Gasteiger partial charge in [0.15, 0.2) is 0 Å². The van der Waals surface area contributed by atoms with Crippen molar-refractivity contribution >= 4 is 11.3 Å². The van der Waals surface area contributed by atoms with E-state index in [4.69, 9.17) is 9.72 Å². The molecular weight excluding hydrogens is 316 g/mol. The van der Waals surface area contributed by atoms with Crippen LogP contribution in [-0.4, -0.2) is 25.9 Å². The number of imidazole rings is 1. The lowest BCUT2D eigenvalue weighted by Crippen LogP contribution is -2.18. The molecule has 4 heterocycles. The molecule has 1 aliphatic carbocycles. The summed E-state index contributed by atoms with van der Waals surface area (Å²) in [5, 5.41) is 0. The fourth-order valence-corrected chi connectivity index (χ4v) is 3.45. The van der Waals surface area contributed by atoms with Crippen molar-refractivity contribution < 1.29 is 4.74 Å². The van der Waals surface area contributed by atoms with Gasteiger partial charge in [-0.3, -0.25) is 9.20 Å². The van der Waals surface area contributed by atoms with Gasteiger partial charge in [-0.25, -0.2) is 9.97 Å². The van der Waals surface area contributed by atoms with E-state index in [1.165, 1.54) is 0 Å². The minimum absolute atomic E-state index is 0.0172. The quantitative estimate of drug-likeness (QED) is 0.579.